The van der Waals surface area contributed by atoms with Gasteiger partial charge in [0.1, 0.15) is 11.6 Å². The van der Waals surface area contributed by atoms with Crippen molar-refractivity contribution in [3.63, 3.8) is 0 Å². The molecule has 6 heteroatoms. The lowest BCUT2D eigenvalue weighted by molar-refractivity contribution is -0.140. The summed E-state index contributed by atoms with van der Waals surface area (Å²) in [4.78, 5) is 20.4. The van der Waals surface area contributed by atoms with E-state index in [9.17, 15) is 9.90 Å². The first kappa shape index (κ1) is 24.1. The molecule has 5 rings (SSSR count). The number of ether oxygens (including phenoxy) is 1. The summed E-state index contributed by atoms with van der Waals surface area (Å²) in [5.41, 5.74) is 3.66. The Morgan fingerprint density at radius 1 is 0.914 bits per heavy atom. The van der Waals surface area contributed by atoms with Crippen LogP contribution in [-0.2, 0) is 9.53 Å². The highest BCUT2D eigenvalue weighted by atomic mass is 16.5. The van der Waals surface area contributed by atoms with E-state index in [-0.39, 0.29) is 11.7 Å². The zero-order chi connectivity index (χ0) is 24.9. The molecule has 0 aliphatic heterocycles. The Kier molecular flexibility index (Phi) is 7.20. The molecule has 0 atom stereocenters. The van der Waals surface area contributed by atoms with Crippen molar-refractivity contribution >= 4 is 44.2 Å². The molecule has 0 aliphatic rings. The quantitative estimate of drug-likeness (QED) is 0.222. The van der Waals surface area contributed by atoms with Gasteiger partial charge in [-0.25, -0.2) is 4.98 Å². The number of aromatic amines is 1. The molecule has 0 saturated heterocycles. The highest BCUT2D eigenvalue weighted by Gasteiger charge is 2.16. The predicted octanol–water partition coefficient (Wildman–Crippen LogP) is 6.66. The Hall–Kier alpha value is -4.06. The Labute approximate surface area is 205 Å². The summed E-state index contributed by atoms with van der Waals surface area (Å²) in [6.45, 7) is 9.68. The van der Waals surface area contributed by atoms with Gasteiger partial charge in [0, 0.05) is 42.5 Å². The molecule has 6 nitrogen and oxygen atoms in total. The van der Waals surface area contributed by atoms with Crippen LogP contribution in [0, 0.1) is 0 Å². The fourth-order valence-electron chi connectivity index (χ4n) is 4.46. The second-order valence-corrected chi connectivity index (χ2v) is 8.20. The fraction of sp³-hybridized carbons (Fsp3) is 0.241. The zero-order valence-corrected chi connectivity index (χ0v) is 20.6. The van der Waals surface area contributed by atoms with Crippen LogP contribution in [0.2, 0.25) is 0 Å². The van der Waals surface area contributed by atoms with E-state index in [1.54, 1.807) is 6.92 Å². The van der Waals surface area contributed by atoms with Crippen molar-refractivity contribution in [2.75, 3.05) is 24.6 Å². The molecule has 1 heterocycles. The molecule has 0 amide bonds. The third kappa shape index (κ3) is 4.78. The number of anilines is 1. The van der Waals surface area contributed by atoms with E-state index in [0.29, 0.717) is 18.0 Å². The highest BCUT2D eigenvalue weighted by Crippen LogP contribution is 2.37. The number of nitrogens with zero attached hydrogens (tertiary/aromatic N) is 2. The number of aromatic nitrogens is 2. The van der Waals surface area contributed by atoms with Gasteiger partial charge in [-0.3, -0.25) is 4.79 Å². The minimum absolute atomic E-state index is 0.211. The standard InChI is InChI=1S/C25H23N3O.C4H8O2/c1-3-28(4-2)16-13-14-21(22(29)15-16)25-26-23-19-11-7-5-9-17(19)18-10-6-8-12-20(18)24(23)27-25;1-3-6-4(2)5/h5-15,29H,3-4H2,1-2H3,(H,26,27);3H2,1-2H3. The average molecular weight is 470 g/mol. The molecule has 1 aromatic heterocycles. The van der Waals surface area contributed by atoms with Gasteiger partial charge < -0.3 is 19.7 Å². The van der Waals surface area contributed by atoms with Crippen molar-refractivity contribution in [2.45, 2.75) is 27.7 Å². The molecule has 0 fully saturated rings. The molecule has 0 bridgehead atoms. The van der Waals surface area contributed by atoms with E-state index in [4.69, 9.17) is 4.98 Å². The molecule has 180 valence electrons. The number of H-pyrrole nitrogens is 1. The van der Waals surface area contributed by atoms with Gasteiger partial charge in [-0.05, 0) is 43.7 Å². The summed E-state index contributed by atoms with van der Waals surface area (Å²) >= 11 is 0. The van der Waals surface area contributed by atoms with Crippen molar-refractivity contribution in [3.8, 4) is 17.1 Å². The Morgan fingerprint density at radius 2 is 1.51 bits per heavy atom. The summed E-state index contributed by atoms with van der Waals surface area (Å²) in [5, 5.41) is 15.4. The largest absolute Gasteiger partial charge is 0.507 e. The SMILES string of the molecule is CCN(CC)c1ccc(-c2nc3c4ccccc4c4ccccc4c3[nH]2)c(O)c1.CCOC(C)=O. The summed E-state index contributed by atoms with van der Waals surface area (Å²) < 4.78 is 4.40. The van der Waals surface area contributed by atoms with Gasteiger partial charge in [-0.15, -0.1) is 0 Å². The average Bonchev–Trinajstić information content (AvgIpc) is 3.31. The number of phenols is 1. The molecule has 2 N–H and O–H groups in total. The lowest BCUT2D eigenvalue weighted by Gasteiger charge is -2.21. The monoisotopic (exact) mass is 469 g/mol. The fourth-order valence-corrected chi connectivity index (χ4v) is 4.46. The van der Waals surface area contributed by atoms with Crippen LogP contribution < -0.4 is 4.90 Å². The summed E-state index contributed by atoms with van der Waals surface area (Å²) in [7, 11) is 0. The van der Waals surface area contributed by atoms with Crippen molar-refractivity contribution in [2.24, 2.45) is 0 Å². The molecule has 0 radical (unpaired) electrons. The molecule has 4 aromatic carbocycles. The topological polar surface area (TPSA) is 78.5 Å². The van der Waals surface area contributed by atoms with E-state index in [2.05, 4.69) is 64.9 Å². The number of rotatable bonds is 5. The van der Waals surface area contributed by atoms with Crippen molar-refractivity contribution in [1.29, 1.82) is 0 Å². The second-order valence-electron chi connectivity index (χ2n) is 8.20. The van der Waals surface area contributed by atoms with E-state index in [0.717, 1.165) is 40.6 Å². The number of fused-ring (bicyclic) bond motifs is 6. The molecule has 0 unspecified atom stereocenters. The minimum atomic E-state index is -0.211. The van der Waals surface area contributed by atoms with Gasteiger partial charge in [0.25, 0.3) is 0 Å². The molecule has 35 heavy (non-hydrogen) atoms. The normalized spacial score (nSPS) is 10.9. The van der Waals surface area contributed by atoms with Gasteiger partial charge in [-0.2, -0.15) is 0 Å². The second kappa shape index (κ2) is 10.5. The summed E-state index contributed by atoms with van der Waals surface area (Å²) in [6.07, 6.45) is 0. The molecule has 0 saturated carbocycles. The first-order valence-corrected chi connectivity index (χ1v) is 12.0. The Bertz CT molecular complexity index is 1410. The zero-order valence-electron chi connectivity index (χ0n) is 20.6. The van der Waals surface area contributed by atoms with Crippen molar-refractivity contribution < 1.29 is 14.6 Å². The van der Waals surface area contributed by atoms with E-state index < -0.39 is 0 Å². The van der Waals surface area contributed by atoms with Crippen LogP contribution >= 0.6 is 0 Å². The van der Waals surface area contributed by atoms with Crippen molar-refractivity contribution in [3.05, 3.63) is 66.7 Å². The summed E-state index contributed by atoms with van der Waals surface area (Å²) in [6, 6.07) is 22.6. The number of esters is 1. The number of imidazole rings is 1. The lowest BCUT2D eigenvalue weighted by Crippen LogP contribution is -2.21. The maximum atomic E-state index is 10.7. The van der Waals surface area contributed by atoms with Crippen LogP contribution in [0.5, 0.6) is 5.75 Å². The van der Waals surface area contributed by atoms with Gasteiger partial charge >= 0.3 is 5.97 Å². The number of carbonyl (C=O) groups is 1. The maximum absolute atomic E-state index is 10.7. The summed E-state index contributed by atoms with van der Waals surface area (Å²) in [5.74, 6) is 0.713. The van der Waals surface area contributed by atoms with Crippen LogP contribution in [0.15, 0.2) is 66.7 Å². The van der Waals surface area contributed by atoms with Crippen LogP contribution in [0.25, 0.3) is 44.0 Å². The smallest absolute Gasteiger partial charge is 0.302 e. The lowest BCUT2D eigenvalue weighted by atomic mass is 10.0. The third-order valence-electron chi connectivity index (χ3n) is 6.09. The highest BCUT2D eigenvalue weighted by molar-refractivity contribution is 6.23. The van der Waals surface area contributed by atoms with Gasteiger partial charge in [0.05, 0.1) is 23.2 Å². The van der Waals surface area contributed by atoms with E-state index >= 15 is 0 Å². The minimum Gasteiger partial charge on any atom is -0.507 e. The third-order valence-corrected chi connectivity index (χ3v) is 6.09. The molecular formula is C29H31N3O3. The number of benzene rings is 4. The van der Waals surface area contributed by atoms with Crippen molar-refractivity contribution in [1.82, 2.24) is 9.97 Å². The maximum Gasteiger partial charge on any atom is 0.302 e. The number of hydrogen-bond acceptors (Lipinski definition) is 5. The molecule has 0 spiro atoms. The molecule has 5 aromatic rings. The Balaban J connectivity index is 0.000000431. The Morgan fingerprint density at radius 3 is 2.06 bits per heavy atom. The van der Waals surface area contributed by atoms with Crippen LogP contribution in [-0.4, -0.2) is 40.7 Å². The van der Waals surface area contributed by atoms with Gasteiger partial charge in [0.2, 0.25) is 0 Å². The van der Waals surface area contributed by atoms with Gasteiger partial charge in [-0.1, -0.05) is 48.5 Å². The predicted molar refractivity (Wildman–Crippen MR) is 144 cm³/mol. The van der Waals surface area contributed by atoms with E-state index in [1.165, 1.54) is 17.7 Å². The molecular weight excluding hydrogens is 438 g/mol. The first-order valence-electron chi connectivity index (χ1n) is 12.0. The van der Waals surface area contributed by atoms with Crippen LogP contribution in [0.4, 0.5) is 5.69 Å². The first-order chi connectivity index (χ1) is 17.0. The molecule has 0 aliphatic carbocycles. The van der Waals surface area contributed by atoms with E-state index in [1.807, 2.05) is 30.3 Å². The number of phenolic OH excluding ortho intramolecular Hbond substituents is 1. The van der Waals surface area contributed by atoms with Gasteiger partial charge in [0.15, 0.2) is 0 Å². The number of aromatic hydroxyl groups is 1. The van der Waals surface area contributed by atoms with Crippen LogP contribution in [0.3, 0.4) is 0 Å². The number of hydrogen-bond donors (Lipinski definition) is 2. The van der Waals surface area contributed by atoms with Crippen LogP contribution in [0.1, 0.15) is 27.7 Å². The number of nitrogens with one attached hydrogen (secondary N) is 1. The number of carbonyl (C=O) groups excluding carboxylic acids is 1.